The van der Waals surface area contributed by atoms with E-state index in [-0.39, 0.29) is 4.64 Å². The van der Waals surface area contributed by atoms with Crippen LogP contribution in [0, 0.1) is 10.5 Å². The summed E-state index contributed by atoms with van der Waals surface area (Å²) in [5.74, 6) is -0.729. The van der Waals surface area contributed by atoms with Crippen molar-refractivity contribution in [1.29, 1.82) is 0 Å². The van der Waals surface area contributed by atoms with Crippen LogP contribution < -0.4 is 5.69 Å². The average molecular weight is 266 g/mol. The number of H-pyrrole nitrogens is 1. The zero-order chi connectivity index (χ0) is 13.5. The molecule has 0 amide bonds. The molecule has 18 heavy (non-hydrogen) atoms. The minimum Gasteiger partial charge on any atom is -0.407 e. The van der Waals surface area contributed by atoms with Gasteiger partial charge in [0.05, 0.1) is 12.3 Å². The molecular formula is C9H9B2FN2O3S. The van der Waals surface area contributed by atoms with E-state index < -0.39 is 29.2 Å². The second-order valence-electron chi connectivity index (χ2n) is 4.19. The largest absolute Gasteiger partial charge is 0.407 e. The van der Waals surface area contributed by atoms with Crippen molar-refractivity contribution in [3.63, 3.8) is 0 Å². The molecule has 92 valence electrons. The van der Waals surface area contributed by atoms with E-state index in [1.165, 1.54) is 0 Å². The molecule has 1 saturated heterocycles. The highest BCUT2D eigenvalue weighted by Crippen LogP contribution is 2.30. The molecule has 2 N–H and O–H groups in total. The first-order valence-corrected chi connectivity index (χ1v) is 5.66. The lowest BCUT2D eigenvalue weighted by Gasteiger charge is -2.26. The fourth-order valence-electron chi connectivity index (χ4n) is 1.84. The van der Waals surface area contributed by atoms with Gasteiger partial charge in [0.1, 0.15) is 26.6 Å². The quantitative estimate of drug-likeness (QED) is 0.570. The lowest BCUT2D eigenvalue weighted by molar-refractivity contribution is -0.0506. The Hall–Kier alpha value is -0.920. The zero-order valence-corrected chi connectivity index (χ0v) is 10.1. The van der Waals surface area contributed by atoms with Gasteiger partial charge < -0.3 is 9.84 Å². The van der Waals surface area contributed by atoms with Crippen LogP contribution in [0.1, 0.15) is 19.1 Å². The number of hydrogen-bond donors (Lipinski definition) is 2. The zero-order valence-electron chi connectivity index (χ0n) is 9.30. The molecule has 0 aromatic carbocycles. The fourth-order valence-corrected chi connectivity index (χ4v) is 1.98. The van der Waals surface area contributed by atoms with Gasteiger partial charge in [-0.3, -0.25) is 9.55 Å². The van der Waals surface area contributed by atoms with E-state index in [1.54, 1.807) is 0 Å². The molecule has 1 aliphatic rings. The van der Waals surface area contributed by atoms with Crippen molar-refractivity contribution in [2.45, 2.75) is 30.6 Å². The molecule has 1 aliphatic heterocycles. The molecule has 2 heterocycles. The number of aromatic amines is 1. The van der Waals surface area contributed by atoms with E-state index in [1.807, 2.05) is 0 Å². The summed E-state index contributed by atoms with van der Waals surface area (Å²) >= 11 is 4.59. The van der Waals surface area contributed by atoms with Gasteiger partial charge in [0.2, 0.25) is 0 Å². The van der Waals surface area contributed by atoms with Crippen molar-refractivity contribution < 1.29 is 14.2 Å². The van der Waals surface area contributed by atoms with E-state index in [9.17, 15) is 14.3 Å². The Morgan fingerprint density at radius 3 is 2.83 bits per heavy atom. The lowest BCUT2D eigenvalue weighted by atomic mass is 9.61. The Kier molecular flexibility index (Phi) is 3.48. The molecule has 1 aromatic rings. The van der Waals surface area contributed by atoms with Crippen LogP contribution >= 0.6 is 12.2 Å². The maximum Gasteiger partial charge on any atom is 0.328 e. The summed E-state index contributed by atoms with van der Waals surface area (Å²) in [7, 11) is 10.6. The molecule has 4 radical (unpaired) electrons. The molecule has 9 heteroatoms. The Balaban J connectivity index is 2.28. The van der Waals surface area contributed by atoms with Gasteiger partial charge in [-0.05, 0) is 12.8 Å². The monoisotopic (exact) mass is 266 g/mol. The number of halogens is 1. The highest BCUT2D eigenvalue weighted by molar-refractivity contribution is 7.71. The Morgan fingerprint density at radius 2 is 2.28 bits per heavy atom. The van der Waals surface area contributed by atoms with E-state index in [2.05, 4.69) is 17.2 Å². The predicted molar refractivity (Wildman–Crippen MR) is 65.4 cm³/mol. The Bertz CT molecular complexity index is 568. The van der Waals surface area contributed by atoms with Gasteiger partial charge >= 0.3 is 5.69 Å². The molecular weight excluding hydrogens is 257 g/mol. The average Bonchev–Trinajstić information content (AvgIpc) is 2.72. The van der Waals surface area contributed by atoms with Gasteiger partial charge in [0, 0.05) is 5.40 Å². The summed E-state index contributed by atoms with van der Waals surface area (Å²) in [5, 5.41) is 7.41. The van der Waals surface area contributed by atoms with Crippen molar-refractivity contribution in [2.75, 3.05) is 0 Å². The third kappa shape index (κ3) is 2.57. The molecule has 0 bridgehead atoms. The summed E-state index contributed by atoms with van der Waals surface area (Å²) in [6.45, 7) is 0. The summed E-state index contributed by atoms with van der Waals surface area (Å²) in [4.78, 5) is 13.8. The second-order valence-corrected chi connectivity index (χ2v) is 4.60. The SMILES string of the molecule is [B]C([B])(O)C1CCC(n2cc(F)c(=S)[nH]c2=O)O1. The van der Waals surface area contributed by atoms with Crippen LogP contribution in [0.25, 0.3) is 0 Å². The van der Waals surface area contributed by atoms with Gasteiger partial charge in [0.25, 0.3) is 0 Å². The standard InChI is InChI=1S/C9H9B2FN2O3S/c10-9(11,16)5-1-2-6(17-5)14-3-4(12)7(18)13-8(14)15/h3,5-6,16H,1-2H2,(H,13,15,18). The number of aromatic nitrogens is 2. The topological polar surface area (TPSA) is 67.2 Å². The minimum atomic E-state index is -1.99. The lowest BCUT2D eigenvalue weighted by Crippen LogP contribution is -2.43. The van der Waals surface area contributed by atoms with Crippen LogP contribution in [0.2, 0.25) is 0 Å². The van der Waals surface area contributed by atoms with Crippen LogP contribution in [0.5, 0.6) is 0 Å². The van der Waals surface area contributed by atoms with Crippen molar-refractivity contribution >= 4 is 27.9 Å². The fraction of sp³-hybridized carbons (Fsp3) is 0.556. The Morgan fingerprint density at radius 1 is 1.61 bits per heavy atom. The van der Waals surface area contributed by atoms with Crippen LogP contribution in [0.3, 0.4) is 0 Å². The predicted octanol–water partition coefficient (Wildman–Crippen LogP) is -0.294. The molecule has 0 spiro atoms. The van der Waals surface area contributed by atoms with Crippen LogP contribution in [0.15, 0.2) is 11.0 Å². The van der Waals surface area contributed by atoms with Gasteiger partial charge in [-0.25, -0.2) is 9.18 Å². The highest BCUT2D eigenvalue weighted by atomic mass is 32.1. The van der Waals surface area contributed by atoms with Gasteiger partial charge in [-0.2, -0.15) is 0 Å². The number of aliphatic hydroxyl groups is 1. The van der Waals surface area contributed by atoms with E-state index in [0.717, 1.165) is 10.8 Å². The van der Waals surface area contributed by atoms with Crippen molar-refractivity contribution in [1.82, 2.24) is 9.55 Å². The highest BCUT2D eigenvalue weighted by Gasteiger charge is 2.35. The van der Waals surface area contributed by atoms with Crippen LogP contribution in [-0.4, -0.2) is 41.9 Å². The molecule has 2 rings (SSSR count). The van der Waals surface area contributed by atoms with E-state index in [0.29, 0.717) is 12.8 Å². The van der Waals surface area contributed by atoms with Gasteiger partial charge in [-0.1, -0.05) is 12.2 Å². The van der Waals surface area contributed by atoms with Gasteiger partial charge in [0.15, 0.2) is 5.82 Å². The summed E-state index contributed by atoms with van der Waals surface area (Å²) < 4.78 is 19.4. The molecule has 0 saturated carbocycles. The summed E-state index contributed by atoms with van der Waals surface area (Å²) in [5.41, 5.74) is -0.593. The third-order valence-electron chi connectivity index (χ3n) is 2.75. The first-order valence-electron chi connectivity index (χ1n) is 5.25. The van der Waals surface area contributed by atoms with Crippen molar-refractivity contribution in [3.05, 3.63) is 27.1 Å². The number of ether oxygens (including phenoxy) is 1. The first-order chi connectivity index (χ1) is 8.29. The molecule has 0 aliphatic carbocycles. The summed E-state index contributed by atoms with van der Waals surface area (Å²) in [6, 6.07) is 0. The van der Waals surface area contributed by atoms with Crippen molar-refractivity contribution in [3.8, 4) is 0 Å². The van der Waals surface area contributed by atoms with Gasteiger partial charge in [-0.15, -0.1) is 0 Å². The first kappa shape index (κ1) is 13.5. The number of rotatable bonds is 2. The van der Waals surface area contributed by atoms with Crippen LogP contribution in [-0.2, 0) is 4.74 Å². The van der Waals surface area contributed by atoms with Crippen LogP contribution in [0.4, 0.5) is 4.39 Å². The number of nitrogens with one attached hydrogen (secondary N) is 1. The Labute approximate surface area is 110 Å². The molecule has 1 fully saturated rings. The maximum absolute atomic E-state index is 13.3. The molecule has 1 aromatic heterocycles. The molecule has 5 nitrogen and oxygen atoms in total. The number of nitrogens with zero attached hydrogens (tertiary/aromatic N) is 1. The molecule has 2 unspecified atom stereocenters. The number of hydrogen-bond acceptors (Lipinski definition) is 4. The van der Waals surface area contributed by atoms with E-state index >= 15 is 0 Å². The minimum absolute atomic E-state index is 0.264. The smallest absolute Gasteiger partial charge is 0.328 e. The normalized spacial score (nSPS) is 24.3. The second kappa shape index (κ2) is 4.64. The van der Waals surface area contributed by atoms with Crippen molar-refractivity contribution in [2.24, 2.45) is 0 Å². The maximum atomic E-state index is 13.3. The summed E-state index contributed by atoms with van der Waals surface area (Å²) in [6.07, 6.45) is 0.145. The molecule has 2 atom stereocenters. The third-order valence-corrected chi connectivity index (χ3v) is 3.04. The van der Waals surface area contributed by atoms with E-state index in [4.69, 9.17) is 20.4 Å².